The zero-order chi connectivity index (χ0) is 10.9. The van der Waals surface area contributed by atoms with E-state index in [0.29, 0.717) is 0 Å². The van der Waals surface area contributed by atoms with Crippen LogP contribution in [-0.4, -0.2) is 6.54 Å². The van der Waals surface area contributed by atoms with Crippen LogP contribution in [0.5, 0.6) is 0 Å². The molecule has 1 aromatic carbocycles. The van der Waals surface area contributed by atoms with Crippen molar-refractivity contribution in [1.29, 1.82) is 0 Å². The van der Waals surface area contributed by atoms with Crippen molar-refractivity contribution in [3.8, 4) is 0 Å². The number of hydrogen-bond donors (Lipinski definition) is 1. The predicted molar refractivity (Wildman–Crippen MR) is 58.2 cm³/mol. The van der Waals surface area contributed by atoms with E-state index in [0.717, 1.165) is 37.1 Å². The molecule has 1 atom stereocenters. The molecule has 2 rings (SSSR count). The first-order valence-corrected chi connectivity index (χ1v) is 4.98. The first-order valence-electron chi connectivity index (χ1n) is 4.98. The van der Waals surface area contributed by atoms with Crippen molar-refractivity contribution < 1.29 is 13.2 Å². The Bertz CT molecular complexity index is 323. The van der Waals surface area contributed by atoms with Gasteiger partial charge in [-0.15, -0.1) is 0 Å². The SMILES string of the molecule is C.FC(F)(F)c1ccc([C@H]2CCCN2)cc1. The lowest BCUT2D eigenvalue weighted by molar-refractivity contribution is -0.137. The van der Waals surface area contributed by atoms with Gasteiger partial charge in [-0.1, -0.05) is 19.6 Å². The number of nitrogens with one attached hydrogen (secondary N) is 1. The van der Waals surface area contributed by atoms with Crippen molar-refractivity contribution in [3.63, 3.8) is 0 Å². The van der Waals surface area contributed by atoms with Crippen molar-refractivity contribution >= 4 is 0 Å². The molecule has 0 radical (unpaired) electrons. The summed E-state index contributed by atoms with van der Waals surface area (Å²) in [4.78, 5) is 0. The fourth-order valence-corrected chi connectivity index (χ4v) is 1.87. The topological polar surface area (TPSA) is 12.0 Å². The van der Waals surface area contributed by atoms with Gasteiger partial charge in [-0.05, 0) is 37.1 Å². The number of alkyl halides is 3. The van der Waals surface area contributed by atoms with E-state index in [1.807, 2.05) is 0 Å². The summed E-state index contributed by atoms with van der Waals surface area (Å²) in [5.41, 5.74) is 0.366. The number of hydrogen-bond acceptors (Lipinski definition) is 1. The van der Waals surface area contributed by atoms with Gasteiger partial charge < -0.3 is 5.32 Å². The van der Waals surface area contributed by atoms with E-state index < -0.39 is 11.7 Å². The van der Waals surface area contributed by atoms with Crippen LogP contribution in [0.2, 0.25) is 0 Å². The summed E-state index contributed by atoms with van der Waals surface area (Å²) in [5.74, 6) is 0. The van der Waals surface area contributed by atoms with Gasteiger partial charge in [0.25, 0.3) is 0 Å². The van der Waals surface area contributed by atoms with E-state index in [4.69, 9.17) is 0 Å². The highest BCUT2D eigenvalue weighted by molar-refractivity contribution is 5.27. The number of halogens is 3. The molecule has 0 bridgehead atoms. The Morgan fingerprint density at radius 3 is 2.19 bits per heavy atom. The zero-order valence-corrected chi connectivity index (χ0v) is 8.14. The molecule has 1 aromatic rings. The van der Waals surface area contributed by atoms with Gasteiger partial charge in [0, 0.05) is 6.04 Å². The predicted octanol–water partition coefficient (Wildman–Crippen LogP) is 3.77. The highest BCUT2D eigenvalue weighted by Gasteiger charge is 2.30. The monoisotopic (exact) mass is 231 g/mol. The summed E-state index contributed by atoms with van der Waals surface area (Å²) in [6, 6.07) is 5.65. The molecule has 1 aliphatic heterocycles. The van der Waals surface area contributed by atoms with Crippen molar-refractivity contribution in [2.75, 3.05) is 6.54 Å². The Balaban J connectivity index is 0.00000128. The first-order chi connectivity index (χ1) is 7.07. The molecule has 1 fully saturated rings. The summed E-state index contributed by atoms with van der Waals surface area (Å²) in [6.07, 6.45) is -2.14. The Labute approximate surface area is 93.7 Å². The molecule has 16 heavy (non-hydrogen) atoms. The molecule has 0 unspecified atom stereocenters. The Morgan fingerprint density at radius 1 is 1.12 bits per heavy atom. The van der Waals surface area contributed by atoms with Crippen LogP contribution in [0.15, 0.2) is 24.3 Å². The standard InChI is InChI=1S/C11H12F3N.CH4/c12-11(13,14)9-5-3-8(4-6-9)10-2-1-7-15-10;/h3-6,10,15H,1-2,7H2;1H4/t10-;/m1./s1. The smallest absolute Gasteiger partial charge is 0.310 e. The minimum absolute atomic E-state index is 0. The molecule has 0 spiro atoms. The van der Waals surface area contributed by atoms with Crippen molar-refractivity contribution in [3.05, 3.63) is 35.4 Å². The van der Waals surface area contributed by atoms with Crippen LogP contribution in [-0.2, 0) is 6.18 Å². The van der Waals surface area contributed by atoms with Crippen LogP contribution in [0.3, 0.4) is 0 Å². The normalized spacial score (nSPS) is 20.6. The summed E-state index contributed by atoms with van der Waals surface area (Å²) >= 11 is 0. The second-order valence-electron chi connectivity index (χ2n) is 3.77. The maximum absolute atomic E-state index is 12.3. The lowest BCUT2D eigenvalue weighted by Gasteiger charge is -2.12. The number of benzene rings is 1. The second-order valence-corrected chi connectivity index (χ2v) is 3.77. The quantitative estimate of drug-likeness (QED) is 0.775. The van der Waals surface area contributed by atoms with Crippen LogP contribution in [0.25, 0.3) is 0 Å². The van der Waals surface area contributed by atoms with E-state index >= 15 is 0 Å². The molecule has 1 aliphatic rings. The van der Waals surface area contributed by atoms with Crippen molar-refractivity contribution in [2.45, 2.75) is 32.5 Å². The summed E-state index contributed by atoms with van der Waals surface area (Å²) in [7, 11) is 0. The highest BCUT2D eigenvalue weighted by atomic mass is 19.4. The molecule has 0 aromatic heterocycles. The third-order valence-electron chi connectivity index (χ3n) is 2.70. The molecule has 1 heterocycles. The Morgan fingerprint density at radius 2 is 1.75 bits per heavy atom. The lowest BCUT2D eigenvalue weighted by Crippen LogP contribution is -2.13. The summed E-state index contributed by atoms with van der Waals surface area (Å²) in [5, 5.41) is 3.25. The van der Waals surface area contributed by atoms with E-state index in [2.05, 4.69) is 5.32 Å². The van der Waals surface area contributed by atoms with Gasteiger partial charge in [0.05, 0.1) is 5.56 Å². The lowest BCUT2D eigenvalue weighted by atomic mass is 10.0. The molecule has 1 saturated heterocycles. The van der Waals surface area contributed by atoms with Crippen molar-refractivity contribution in [2.24, 2.45) is 0 Å². The molecule has 0 aliphatic carbocycles. The minimum atomic E-state index is -4.23. The van der Waals surface area contributed by atoms with Crippen molar-refractivity contribution in [1.82, 2.24) is 5.32 Å². The summed E-state index contributed by atoms with van der Waals surface area (Å²) < 4.78 is 36.8. The minimum Gasteiger partial charge on any atom is -0.310 e. The molecule has 1 nitrogen and oxygen atoms in total. The van der Waals surface area contributed by atoms with Gasteiger partial charge in [0.2, 0.25) is 0 Å². The fraction of sp³-hybridized carbons (Fsp3) is 0.500. The zero-order valence-electron chi connectivity index (χ0n) is 8.14. The third-order valence-corrected chi connectivity index (χ3v) is 2.70. The fourth-order valence-electron chi connectivity index (χ4n) is 1.87. The largest absolute Gasteiger partial charge is 0.416 e. The van der Waals surface area contributed by atoms with Crippen LogP contribution < -0.4 is 5.32 Å². The Hall–Kier alpha value is -1.03. The van der Waals surface area contributed by atoms with Gasteiger partial charge in [-0.25, -0.2) is 0 Å². The van der Waals surface area contributed by atoms with Gasteiger partial charge in [0.15, 0.2) is 0 Å². The van der Waals surface area contributed by atoms with Gasteiger partial charge in [0.1, 0.15) is 0 Å². The molecular formula is C12H16F3N. The van der Waals surface area contributed by atoms with Crippen LogP contribution in [0, 0.1) is 0 Å². The van der Waals surface area contributed by atoms with Crippen LogP contribution >= 0.6 is 0 Å². The summed E-state index contributed by atoms with van der Waals surface area (Å²) in [6.45, 7) is 0.950. The van der Waals surface area contributed by atoms with Gasteiger partial charge >= 0.3 is 6.18 Å². The maximum atomic E-state index is 12.3. The molecule has 90 valence electrons. The average Bonchev–Trinajstić information content (AvgIpc) is 2.69. The second kappa shape index (κ2) is 4.87. The van der Waals surface area contributed by atoms with E-state index in [1.165, 1.54) is 0 Å². The van der Waals surface area contributed by atoms with E-state index in [-0.39, 0.29) is 13.5 Å². The maximum Gasteiger partial charge on any atom is 0.416 e. The van der Waals surface area contributed by atoms with E-state index in [9.17, 15) is 13.2 Å². The molecule has 1 N–H and O–H groups in total. The average molecular weight is 231 g/mol. The van der Waals surface area contributed by atoms with Gasteiger partial charge in [-0.2, -0.15) is 13.2 Å². The van der Waals surface area contributed by atoms with Crippen LogP contribution in [0.1, 0.15) is 37.4 Å². The van der Waals surface area contributed by atoms with E-state index in [1.54, 1.807) is 12.1 Å². The molecule has 0 amide bonds. The van der Waals surface area contributed by atoms with Gasteiger partial charge in [-0.3, -0.25) is 0 Å². The first kappa shape index (κ1) is 13.0. The third kappa shape index (κ3) is 2.76. The van der Waals surface area contributed by atoms with Crippen LogP contribution in [0.4, 0.5) is 13.2 Å². The number of rotatable bonds is 1. The molecular weight excluding hydrogens is 215 g/mol. The Kier molecular flexibility index (Phi) is 3.97. The molecule has 4 heteroatoms. The molecule has 0 saturated carbocycles. The highest BCUT2D eigenvalue weighted by Crippen LogP contribution is 2.31.